The first kappa shape index (κ1) is 14.1. The minimum atomic E-state index is -1.86. The van der Waals surface area contributed by atoms with Gasteiger partial charge >= 0.3 is 5.97 Å². The van der Waals surface area contributed by atoms with E-state index < -0.39 is 23.1 Å². The summed E-state index contributed by atoms with van der Waals surface area (Å²) in [7, 11) is 1.04. The molecule has 1 aromatic carbocycles. The molecule has 0 amide bonds. The molecule has 7 nitrogen and oxygen atoms in total. The maximum Gasteiger partial charge on any atom is 0.337 e. The van der Waals surface area contributed by atoms with E-state index in [0.29, 0.717) is 5.56 Å². The normalized spacial score (nSPS) is 13.8. The lowest BCUT2D eigenvalue weighted by Gasteiger charge is -2.16. The minimum absolute atomic E-state index is 0.136. The van der Waals surface area contributed by atoms with Gasteiger partial charge in [-0.15, -0.1) is 0 Å². The molecule has 0 saturated heterocycles. The van der Waals surface area contributed by atoms with Crippen LogP contribution in [0.2, 0.25) is 0 Å². The Morgan fingerprint density at radius 3 is 2.56 bits per heavy atom. The van der Waals surface area contributed by atoms with Gasteiger partial charge in [0.2, 0.25) is 0 Å². The summed E-state index contributed by atoms with van der Waals surface area (Å²) in [5, 5.41) is 30.1. The summed E-state index contributed by atoms with van der Waals surface area (Å²) in [5.41, 5.74) is 0.138. The van der Waals surface area contributed by atoms with Gasteiger partial charge in [0.25, 0.3) is 5.69 Å². The molecule has 0 aliphatic heterocycles. The second kappa shape index (κ2) is 5.56. The summed E-state index contributed by atoms with van der Waals surface area (Å²) in [5.74, 6) is -1.06. The van der Waals surface area contributed by atoms with Crippen molar-refractivity contribution in [2.75, 3.05) is 7.11 Å². The number of nitrogens with zero attached hydrogens (tertiary/aromatic N) is 1. The van der Waals surface area contributed by atoms with E-state index in [4.69, 9.17) is 0 Å². The average Bonchev–Trinajstić information content (AvgIpc) is 2.35. The highest BCUT2D eigenvalue weighted by Crippen LogP contribution is 2.28. The Morgan fingerprint density at radius 1 is 1.44 bits per heavy atom. The number of hydrogen-bond acceptors (Lipinski definition) is 6. The molecule has 0 saturated carbocycles. The number of nitro groups is 1. The van der Waals surface area contributed by atoms with Crippen LogP contribution < -0.4 is 0 Å². The first-order valence-electron chi connectivity index (χ1n) is 5.07. The van der Waals surface area contributed by atoms with Crippen LogP contribution in [0.1, 0.15) is 17.2 Å². The van der Waals surface area contributed by atoms with E-state index in [1.807, 2.05) is 0 Å². The van der Waals surface area contributed by atoms with Gasteiger partial charge in [-0.25, -0.2) is 4.79 Å². The van der Waals surface area contributed by atoms with E-state index in [0.717, 1.165) is 7.11 Å². The summed E-state index contributed by atoms with van der Waals surface area (Å²) < 4.78 is 4.26. The molecule has 1 rings (SSSR count). The van der Waals surface area contributed by atoms with Crippen molar-refractivity contribution >= 4 is 11.7 Å². The number of ether oxygens (including phenoxy) is 1. The number of hydrogen-bond donors (Lipinski definition) is 2. The highest BCUT2D eigenvalue weighted by molar-refractivity contribution is 5.75. The van der Waals surface area contributed by atoms with Crippen molar-refractivity contribution in [3.05, 3.63) is 39.4 Å². The fourth-order valence-electron chi connectivity index (χ4n) is 1.48. The summed E-state index contributed by atoms with van der Waals surface area (Å²) in [6, 6.07) is 4.09. The monoisotopic (exact) mass is 255 g/mol. The molecular weight excluding hydrogens is 242 g/mol. The van der Waals surface area contributed by atoms with E-state index in [9.17, 15) is 25.1 Å². The van der Waals surface area contributed by atoms with Gasteiger partial charge in [0.1, 0.15) is 6.10 Å². The zero-order valence-corrected chi connectivity index (χ0v) is 9.86. The molecule has 18 heavy (non-hydrogen) atoms. The number of methoxy groups -OCH3 is 1. The predicted molar refractivity (Wildman–Crippen MR) is 60.8 cm³/mol. The van der Waals surface area contributed by atoms with E-state index >= 15 is 0 Å². The Labute approximate surface area is 103 Å². The molecule has 0 aliphatic carbocycles. The molecule has 0 radical (unpaired) electrons. The molecule has 0 fully saturated rings. The van der Waals surface area contributed by atoms with Gasteiger partial charge in [0, 0.05) is 6.07 Å². The van der Waals surface area contributed by atoms with E-state index in [2.05, 4.69) is 4.74 Å². The lowest BCUT2D eigenvalue weighted by atomic mass is 10.0. The molecule has 0 spiro atoms. The summed E-state index contributed by atoms with van der Waals surface area (Å²) in [4.78, 5) is 21.2. The van der Waals surface area contributed by atoms with Crippen molar-refractivity contribution < 1.29 is 24.7 Å². The number of nitro benzene ring substituents is 1. The largest absolute Gasteiger partial charge is 0.467 e. The van der Waals surface area contributed by atoms with Crippen LogP contribution in [0.4, 0.5) is 5.69 Å². The van der Waals surface area contributed by atoms with Crippen LogP contribution in [0.5, 0.6) is 0 Å². The van der Waals surface area contributed by atoms with Crippen molar-refractivity contribution in [1.82, 2.24) is 0 Å². The highest BCUT2D eigenvalue weighted by atomic mass is 16.6. The fourth-order valence-corrected chi connectivity index (χ4v) is 1.48. The number of aryl methyl sites for hydroxylation is 1. The second-order valence-corrected chi connectivity index (χ2v) is 3.73. The smallest absolute Gasteiger partial charge is 0.337 e. The minimum Gasteiger partial charge on any atom is -0.467 e. The number of aliphatic hydroxyl groups is 2. The molecule has 0 heterocycles. The average molecular weight is 255 g/mol. The van der Waals surface area contributed by atoms with Crippen molar-refractivity contribution in [3.63, 3.8) is 0 Å². The lowest BCUT2D eigenvalue weighted by Crippen LogP contribution is -2.29. The molecular formula is C11H13NO6. The van der Waals surface area contributed by atoms with E-state index in [1.54, 1.807) is 6.92 Å². The third-order valence-corrected chi connectivity index (χ3v) is 2.44. The van der Waals surface area contributed by atoms with Crippen LogP contribution in [0.25, 0.3) is 0 Å². The number of carbonyl (C=O) groups excluding carboxylic acids is 1. The predicted octanol–water partition coefficient (Wildman–Crippen LogP) is 0.471. The Balaban J connectivity index is 3.16. The van der Waals surface area contributed by atoms with Gasteiger partial charge in [-0.05, 0) is 18.6 Å². The molecule has 2 atom stereocenters. The molecule has 0 aromatic heterocycles. The molecule has 2 N–H and O–H groups in total. The maximum atomic E-state index is 11.1. The number of esters is 1. The number of aliphatic hydroxyl groups excluding tert-OH is 2. The van der Waals surface area contributed by atoms with Crippen molar-refractivity contribution in [2.45, 2.75) is 19.1 Å². The number of rotatable bonds is 4. The summed E-state index contributed by atoms with van der Waals surface area (Å²) >= 11 is 0. The fraction of sp³-hybridized carbons (Fsp3) is 0.364. The Bertz CT molecular complexity index is 473. The number of benzene rings is 1. The topological polar surface area (TPSA) is 110 Å². The third kappa shape index (κ3) is 2.82. The van der Waals surface area contributed by atoms with E-state index in [-0.39, 0.29) is 11.3 Å². The first-order chi connectivity index (χ1) is 8.38. The van der Waals surface area contributed by atoms with Crippen LogP contribution in [0, 0.1) is 17.0 Å². The Kier molecular flexibility index (Phi) is 4.35. The van der Waals surface area contributed by atoms with Gasteiger partial charge in [-0.3, -0.25) is 10.1 Å². The van der Waals surface area contributed by atoms with E-state index in [1.165, 1.54) is 18.2 Å². The molecule has 98 valence electrons. The van der Waals surface area contributed by atoms with Crippen LogP contribution in [-0.2, 0) is 9.53 Å². The van der Waals surface area contributed by atoms with Crippen molar-refractivity contribution in [3.8, 4) is 0 Å². The van der Waals surface area contributed by atoms with Crippen LogP contribution in [0.15, 0.2) is 18.2 Å². The highest BCUT2D eigenvalue weighted by Gasteiger charge is 2.31. The van der Waals surface area contributed by atoms with Gasteiger partial charge in [-0.2, -0.15) is 0 Å². The van der Waals surface area contributed by atoms with Crippen LogP contribution in [0.3, 0.4) is 0 Å². The second-order valence-electron chi connectivity index (χ2n) is 3.73. The molecule has 7 heteroatoms. The first-order valence-corrected chi connectivity index (χ1v) is 5.07. The Morgan fingerprint density at radius 2 is 2.06 bits per heavy atom. The zero-order chi connectivity index (χ0) is 13.9. The van der Waals surface area contributed by atoms with Crippen LogP contribution in [-0.4, -0.2) is 34.3 Å². The molecule has 0 bridgehead atoms. The van der Waals surface area contributed by atoms with Gasteiger partial charge in [-0.1, -0.05) is 6.07 Å². The van der Waals surface area contributed by atoms with Crippen molar-refractivity contribution in [1.29, 1.82) is 0 Å². The molecule has 0 aliphatic rings. The quantitative estimate of drug-likeness (QED) is 0.459. The standard InChI is InChI=1S/C11H13NO6/c1-6-3-4-7(8(5-6)12(16)17)9(13)10(14)11(15)18-2/h3-5,9-10,13-14H,1-2H3. The summed E-state index contributed by atoms with van der Waals surface area (Å²) in [6.45, 7) is 1.65. The van der Waals surface area contributed by atoms with Crippen molar-refractivity contribution in [2.24, 2.45) is 0 Å². The molecule has 2 unspecified atom stereocenters. The third-order valence-electron chi connectivity index (χ3n) is 2.44. The summed E-state index contributed by atoms with van der Waals surface area (Å²) in [6.07, 6.45) is -3.57. The van der Waals surface area contributed by atoms with Gasteiger partial charge in [0.05, 0.1) is 17.6 Å². The van der Waals surface area contributed by atoms with Crippen LogP contribution >= 0.6 is 0 Å². The Hall–Kier alpha value is -1.99. The van der Waals surface area contributed by atoms with Gasteiger partial charge in [0.15, 0.2) is 6.10 Å². The lowest BCUT2D eigenvalue weighted by molar-refractivity contribution is -0.386. The van der Waals surface area contributed by atoms with Gasteiger partial charge < -0.3 is 14.9 Å². The maximum absolute atomic E-state index is 11.1. The zero-order valence-electron chi connectivity index (χ0n) is 9.86. The molecule has 1 aromatic rings. The number of carbonyl (C=O) groups is 1. The SMILES string of the molecule is COC(=O)C(O)C(O)c1ccc(C)cc1[N+](=O)[O-].